The highest BCUT2D eigenvalue weighted by Gasteiger charge is 2.22. The number of ether oxygens (including phenoxy) is 1. The second-order valence-electron chi connectivity index (χ2n) is 4.91. The van der Waals surface area contributed by atoms with Crippen molar-refractivity contribution in [3.63, 3.8) is 0 Å². The van der Waals surface area contributed by atoms with Crippen LogP contribution in [0, 0.1) is 0 Å². The molecule has 0 aromatic carbocycles. The summed E-state index contributed by atoms with van der Waals surface area (Å²) in [4.78, 5) is 4.28. The maximum Gasteiger partial charge on any atom is 0.226 e. The van der Waals surface area contributed by atoms with Gasteiger partial charge in [0.25, 0.3) is 0 Å². The Morgan fingerprint density at radius 3 is 2.88 bits per heavy atom. The molecule has 5 heteroatoms. The van der Waals surface area contributed by atoms with Crippen molar-refractivity contribution < 1.29 is 9.26 Å². The van der Waals surface area contributed by atoms with Crippen LogP contribution in [0.5, 0.6) is 0 Å². The fourth-order valence-corrected chi connectivity index (χ4v) is 1.77. The predicted octanol–water partition coefficient (Wildman–Crippen LogP) is 1.38. The van der Waals surface area contributed by atoms with Crippen molar-refractivity contribution in [1.82, 2.24) is 10.1 Å². The lowest BCUT2D eigenvalue weighted by molar-refractivity contribution is 0.102. The van der Waals surface area contributed by atoms with Gasteiger partial charge in [0.05, 0.1) is 11.6 Å². The zero-order valence-corrected chi connectivity index (χ0v) is 9.90. The van der Waals surface area contributed by atoms with Crippen LogP contribution in [0.3, 0.4) is 0 Å². The number of rotatable bonds is 4. The highest BCUT2D eigenvalue weighted by Crippen LogP contribution is 2.18. The van der Waals surface area contributed by atoms with Crippen molar-refractivity contribution >= 4 is 0 Å². The monoisotopic (exact) mass is 225 g/mol. The van der Waals surface area contributed by atoms with Crippen LogP contribution >= 0.6 is 0 Å². The van der Waals surface area contributed by atoms with Gasteiger partial charge >= 0.3 is 0 Å². The highest BCUT2D eigenvalue weighted by molar-refractivity contribution is 4.99. The molecule has 1 aliphatic heterocycles. The van der Waals surface area contributed by atoms with E-state index in [0.29, 0.717) is 17.8 Å². The quantitative estimate of drug-likeness (QED) is 0.837. The third-order valence-electron chi connectivity index (χ3n) is 2.75. The van der Waals surface area contributed by atoms with Crippen LogP contribution < -0.4 is 5.73 Å². The number of nitrogens with two attached hydrogens (primary N) is 1. The van der Waals surface area contributed by atoms with E-state index in [0.717, 1.165) is 32.3 Å². The summed E-state index contributed by atoms with van der Waals surface area (Å²) >= 11 is 0. The second kappa shape index (κ2) is 4.51. The average molecular weight is 225 g/mol. The molecule has 1 fully saturated rings. The van der Waals surface area contributed by atoms with Gasteiger partial charge in [-0.2, -0.15) is 4.98 Å². The van der Waals surface area contributed by atoms with Crippen LogP contribution in [0.4, 0.5) is 0 Å². The number of hydrogen-bond acceptors (Lipinski definition) is 5. The molecule has 1 aromatic heterocycles. The third-order valence-corrected chi connectivity index (χ3v) is 2.75. The van der Waals surface area contributed by atoms with Gasteiger partial charge in [0.1, 0.15) is 0 Å². The molecule has 1 aromatic rings. The van der Waals surface area contributed by atoms with Gasteiger partial charge < -0.3 is 15.0 Å². The molecule has 1 saturated heterocycles. The first-order valence-electron chi connectivity index (χ1n) is 5.79. The minimum atomic E-state index is -0.536. The van der Waals surface area contributed by atoms with Gasteiger partial charge in [0, 0.05) is 13.0 Å². The van der Waals surface area contributed by atoms with E-state index in [1.807, 2.05) is 13.8 Å². The maximum atomic E-state index is 5.88. The Labute approximate surface area is 95.3 Å². The summed E-state index contributed by atoms with van der Waals surface area (Å²) in [6.45, 7) is 4.61. The summed E-state index contributed by atoms with van der Waals surface area (Å²) in [5, 5.41) is 3.88. The average Bonchev–Trinajstić information content (AvgIpc) is 2.85. The summed E-state index contributed by atoms with van der Waals surface area (Å²) in [6, 6.07) is 0. The van der Waals surface area contributed by atoms with Crippen molar-refractivity contribution in [3.05, 3.63) is 11.7 Å². The molecule has 90 valence electrons. The van der Waals surface area contributed by atoms with E-state index in [-0.39, 0.29) is 0 Å². The van der Waals surface area contributed by atoms with Gasteiger partial charge in [-0.15, -0.1) is 0 Å². The lowest BCUT2D eigenvalue weighted by Gasteiger charge is -2.11. The van der Waals surface area contributed by atoms with Crippen LogP contribution in [-0.4, -0.2) is 22.9 Å². The lowest BCUT2D eigenvalue weighted by Crippen LogP contribution is -2.30. The summed E-state index contributed by atoms with van der Waals surface area (Å²) in [5.41, 5.74) is 5.34. The highest BCUT2D eigenvalue weighted by atomic mass is 16.5. The zero-order valence-electron chi connectivity index (χ0n) is 9.90. The first-order valence-corrected chi connectivity index (χ1v) is 5.79. The van der Waals surface area contributed by atoms with Crippen molar-refractivity contribution in [2.75, 3.05) is 6.61 Å². The van der Waals surface area contributed by atoms with Gasteiger partial charge in [0.15, 0.2) is 5.82 Å². The lowest BCUT2D eigenvalue weighted by atomic mass is 10.1. The van der Waals surface area contributed by atoms with Crippen molar-refractivity contribution in [2.24, 2.45) is 5.73 Å². The molecule has 2 rings (SSSR count). The number of aromatic nitrogens is 2. The Bertz CT molecular complexity index is 337. The topological polar surface area (TPSA) is 74.2 Å². The fourth-order valence-electron chi connectivity index (χ4n) is 1.77. The molecule has 2 N–H and O–H groups in total. The number of nitrogens with zero attached hydrogens (tertiary/aromatic N) is 2. The van der Waals surface area contributed by atoms with E-state index in [1.54, 1.807) is 0 Å². The largest absolute Gasteiger partial charge is 0.378 e. The third kappa shape index (κ3) is 2.80. The second-order valence-corrected chi connectivity index (χ2v) is 4.91. The molecule has 1 unspecified atom stereocenters. The van der Waals surface area contributed by atoms with E-state index in [4.69, 9.17) is 15.0 Å². The van der Waals surface area contributed by atoms with Gasteiger partial charge in [-0.1, -0.05) is 5.16 Å². The molecule has 0 aliphatic carbocycles. The zero-order chi connectivity index (χ0) is 11.6. The smallest absolute Gasteiger partial charge is 0.226 e. The number of aryl methyl sites for hydroxylation is 1. The van der Waals surface area contributed by atoms with Crippen LogP contribution in [0.1, 0.15) is 44.8 Å². The van der Waals surface area contributed by atoms with Crippen LogP contribution in [0.25, 0.3) is 0 Å². The number of hydrogen-bond donors (Lipinski definition) is 1. The Balaban J connectivity index is 1.87. The van der Waals surface area contributed by atoms with E-state index in [1.165, 1.54) is 0 Å². The minimum absolute atomic E-state index is 0.362. The van der Waals surface area contributed by atoms with Gasteiger partial charge in [0.2, 0.25) is 5.89 Å². The van der Waals surface area contributed by atoms with Crippen molar-refractivity contribution in [3.8, 4) is 0 Å². The van der Waals surface area contributed by atoms with Gasteiger partial charge in [-0.25, -0.2) is 0 Å². The summed E-state index contributed by atoms with van der Waals surface area (Å²) in [6.07, 6.45) is 4.39. The standard InChI is InChI=1S/C11H19N3O2/c1-11(2,12)10-13-9(16-14-10)6-5-8-4-3-7-15-8/h8H,3-7,12H2,1-2H3. The summed E-state index contributed by atoms with van der Waals surface area (Å²) in [7, 11) is 0. The summed E-state index contributed by atoms with van der Waals surface area (Å²) < 4.78 is 10.7. The van der Waals surface area contributed by atoms with Crippen molar-refractivity contribution in [1.29, 1.82) is 0 Å². The molecule has 0 radical (unpaired) electrons. The molecule has 0 spiro atoms. The van der Waals surface area contributed by atoms with Gasteiger partial charge in [-0.3, -0.25) is 0 Å². The minimum Gasteiger partial charge on any atom is -0.378 e. The van der Waals surface area contributed by atoms with E-state index in [2.05, 4.69) is 10.1 Å². The van der Waals surface area contributed by atoms with Gasteiger partial charge in [-0.05, 0) is 33.1 Å². The molecule has 0 saturated carbocycles. The van der Waals surface area contributed by atoms with Crippen LogP contribution in [0.15, 0.2) is 4.52 Å². The molecule has 1 atom stereocenters. The first kappa shape index (κ1) is 11.5. The Morgan fingerprint density at radius 1 is 1.50 bits per heavy atom. The Morgan fingerprint density at radius 2 is 2.31 bits per heavy atom. The molecule has 0 bridgehead atoms. The molecule has 1 aliphatic rings. The van der Waals surface area contributed by atoms with E-state index < -0.39 is 5.54 Å². The first-order chi connectivity index (χ1) is 7.55. The molecule has 0 amide bonds. The molecule has 16 heavy (non-hydrogen) atoms. The molecule has 5 nitrogen and oxygen atoms in total. The SMILES string of the molecule is CC(C)(N)c1noc(CCC2CCCO2)n1. The van der Waals surface area contributed by atoms with Crippen LogP contribution in [0.2, 0.25) is 0 Å². The van der Waals surface area contributed by atoms with E-state index >= 15 is 0 Å². The Hall–Kier alpha value is -0.940. The van der Waals surface area contributed by atoms with E-state index in [9.17, 15) is 0 Å². The normalized spacial score (nSPS) is 21.6. The fraction of sp³-hybridized carbons (Fsp3) is 0.818. The predicted molar refractivity (Wildman–Crippen MR) is 58.8 cm³/mol. The van der Waals surface area contributed by atoms with Crippen LogP contribution in [-0.2, 0) is 16.7 Å². The molecule has 2 heterocycles. The maximum absolute atomic E-state index is 5.88. The Kier molecular flexibility index (Phi) is 3.25. The molecular formula is C11H19N3O2. The van der Waals surface area contributed by atoms with Crippen molar-refractivity contribution in [2.45, 2.75) is 51.2 Å². The molecular weight excluding hydrogens is 206 g/mol. The summed E-state index contributed by atoms with van der Waals surface area (Å²) in [5.74, 6) is 1.22.